The van der Waals surface area contributed by atoms with Crippen LogP contribution in [-0.4, -0.2) is 26.0 Å². The van der Waals surface area contributed by atoms with Crippen molar-refractivity contribution in [2.45, 2.75) is 19.8 Å². The van der Waals surface area contributed by atoms with Crippen molar-refractivity contribution in [3.63, 3.8) is 0 Å². The summed E-state index contributed by atoms with van der Waals surface area (Å²) in [6, 6.07) is 10.1. The maximum absolute atomic E-state index is 13.3. The summed E-state index contributed by atoms with van der Waals surface area (Å²) in [5.41, 5.74) is 2.80. The Morgan fingerprint density at radius 3 is 2.59 bits per heavy atom. The molecule has 5 nitrogen and oxygen atoms in total. The molecule has 0 saturated carbocycles. The molecule has 0 spiro atoms. The Morgan fingerprint density at radius 2 is 1.89 bits per heavy atom. The molecule has 2 aromatic rings. The average Bonchev–Trinajstić information content (AvgIpc) is 3.00. The zero-order valence-corrected chi connectivity index (χ0v) is 15.5. The molecule has 1 N–H and O–H groups in total. The van der Waals surface area contributed by atoms with Gasteiger partial charge < -0.3 is 14.8 Å². The Bertz CT molecular complexity index is 935. The van der Waals surface area contributed by atoms with Gasteiger partial charge in [0, 0.05) is 12.0 Å². The lowest BCUT2D eigenvalue weighted by atomic mass is 10.1. The number of benzene rings is 2. The summed E-state index contributed by atoms with van der Waals surface area (Å²) in [5, 5.41) is 2.76. The number of carbonyl (C=O) groups is 1. The van der Waals surface area contributed by atoms with Crippen molar-refractivity contribution < 1.29 is 18.7 Å². The molecule has 140 valence electrons. The van der Waals surface area contributed by atoms with E-state index in [1.807, 2.05) is 25.1 Å². The predicted octanol–water partition coefficient (Wildman–Crippen LogP) is 3.65. The lowest BCUT2D eigenvalue weighted by molar-refractivity contribution is -0.115. The molecule has 0 atom stereocenters. The van der Waals surface area contributed by atoms with Crippen LogP contribution < -0.4 is 14.8 Å². The van der Waals surface area contributed by atoms with Crippen molar-refractivity contribution in [1.29, 1.82) is 0 Å². The predicted molar refractivity (Wildman–Crippen MR) is 103 cm³/mol. The number of aryl methyl sites for hydroxylation is 2. The van der Waals surface area contributed by atoms with E-state index in [-0.39, 0.29) is 11.7 Å². The van der Waals surface area contributed by atoms with Crippen LogP contribution in [0.5, 0.6) is 11.5 Å². The smallest absolute Gasteiger partial charge is 0.275 e. The van der Waals surface area contributed by atoms with E-state index in [9.17, 15) is 9.18 Å². The second-order valence-electron chi connectivity index (χ2n) is 6.24. The lowest BCUT2D eigenvalue weighted by Crippen LogP contribution is -2.24. The first kappa shape index (κ1) is 18.6. The number of carbonyl (C=O) groups excluding carboxylic acids is 1. The van der Waals surface area contributed by atoms with Crippen LogP contribution in [0.4, 0.5) is 4.39 Å². The molecule has 3 rings (SSSR count). The minimum Gasteiger partial charge on any atom is -0.496 e. The van der Waals surface area contributed by atoms with Crippen LogP contribution in [0.1, 0.15) is 23.1 Å². The van der Waals surface area contributed by atoms with E-state index in [1.54, 1.807) is 26.4 Å². The summed E-state index contributed by atoms with van der Waals surface area (Å²) in [5.74, 6) is 1.36. The van der Waals surface area contributed by atoms with E-state index in [2.05, 4.69) is 10.3 Å². The number of hydrogen-bond acceptors (Lipinski definition) is 4. The molecular formula is C21H21FN2O3. The van der Waals surface area contributed by atoms with Crippen LogP contribution >= 0.6 is 0 Å². The Labute approximate surface area is 157 Å². The molecule has 0 unspecified atom stereocenters. The summed E-state index contributed by atoms with van der Waals surface area (Å²) in [6.45, 7) is 1.92. The van der Waals surface area contributed by atoms with Gasteiger partial charge in [-0.15, -0.1) is 0 Å². The Hall–Kier alpha value is -3.15. The number of rotatable bonds is 6. The highest BCUT2D eigenvalue weighted by molar-refractivity contribution is 6.14. The molecule has 6 heteroatoms. The highest BCUT2D eigenvalue weighted by Gasteiger charge is 2.20. The highest BCUT2D eigenvalue weighted by Crippen LogP contribution is 2.30. The monoisotopic (exact) mass is 368 g/mol. The van der Waals surface area contributed by atoms with Crippen molar-refractivity contribution in [2.75, 3.05) is 14.2 Å². The molecule has 1 aliphatic rings. The molecule has 27 heavy (non-hydrogen) atoms. The van der Waals surface area contributed by atoms with Gasteiger partial charge in [-0.05, 0) is 54.8 Å². The Kier molecular flexibility index (Phi) is 5.54. The Morgan fingerprint density at radius 1 is 1.11 bits per heavy atom. The standard InChI is InChI=1S/C21H21FN2O3/c1-13-9-19(27-3)15(12-18(13)26-2)11-17-21(25)24-20(23-17)8-7-14-5-4-6-16(22)10-14/h4-6,9-12H,7-8H2,1-3H3,(H,23,24,25)/b17-11+. The van der Waals surface area contributed by atoms with Crippen LogP contribution in [0.2, 0.25) is 0 Å². The van der Waals surface area contributed by atoms with E-state index >= 15 is 0 Å². The van der Waals surface area contributed by atoms with Gasteiger partial charge in [-0.2, -0.15) is 0 Å². The molecule has 2 aromatic carbocycles. The van der Waals surface area contributed by atoms with Crippen molar-refractivity contribution in [1.82, 2.24) is 5.32 Å². The molecule has 1 amide bonds. The first-order chi connectivity index (χ1) is 13.0. The van der Waals surface area contributed by atoms with Crippen molar-refractivity contribution in [2.24, 2.45) is 4.99 Å². The molecule has 0 saturated heterocycles. The lowest BCUT2D eigenvalue weighted by Gasteiger charge is -2.10. The molecule has 0 fully saturated rings. The number of halogens is 1. The van der Waals surface area contributed by atoms with Crippen molar-refractivity contribution in [3.05, 3.63) is 64.6 Å². The quantitative estimate of drug-likeness (QED) is 0.792. The molecule has 1 aliphatic heterocycles. The minimum absolute atomic E-state index is 0.272. The van der Waals surface area contributed by atoms with Gasteiger partial charge in [0.25, 0.3) is 5.91 Å². The number of amides is 1. The SMILES string of the molecule is COc1cc(/C=C2/N=C(CCc3cccc(F)c3)NC2=O)c(OC)cc1C. The Balaban J connectivity index is 1.81. The summed E-state index contributed by atoms with van der Waals surface area (Å²) < 4.78 is 24.0. The van der Waals surface area contributed by atoms with Crippen LogP contribution in [-0.2, 0) is 11.2 Å². The van der Waals surface area contributed by atoms with Gasteiger partial charge in [-0.25, -0.2) is 9.38 Å². The van der Waals surface area contributed by atoms with Crippen molar-refractivity contribution in [3.8, 4) is 11.5 Å². The fraction of sp³-hybridized carbons (Fsp3) is 0.238. The number of methoxy groups -OCH3 is 2. The van der Waals surface area contributed by atoms with E-state index in [4.69, 9.17) is 9.47 Å². The fourth-order valence-electron chi connectivity index (χ4n) is 2.92. The second kappa shape index (κ2) is 8.03. The normalized spacial score (nSPS) is 14.9. The van der Waals surface area contributed by atoms with Gasteiger partial charge in [-0.3, -0.25) is 4.79 Å². The molecule has 0 bridgehead atoms. The zero-order chi connectivity index (χ0) is 19.4. The van der Waals surface area contributed by atoms with E-state index in [1.165, 1.54) is 12.1 Å². The van der Waals surface area contributed by atoms with E-state index < -0.39 is 0 Å². The summed E-state index contributed by atoms with van der Waals surface area (Å²) in [4.78, 5) is 16.6. The van der Waals surface area contributed by atoms with Gasteiger partial charge in [0.2, 0.25) is 0 Å². The van der Waals surface area contributed by atoms with Crippen LogP contribution in [0.3, 0.4) is 0 Å². The third kappa shape index (κ3) is 4.34. The third-order valence-corrected chi connectivity index (χ3v) is 4.32. The molecule has 0 aromatic heterocycles. The second-order valence-corrected chi connectivity index (χ2v) is 6.24. The van der Waals surface area contributed by atoms with Crippen molar-refractivity contribution >= 4 is 17.8 Å². The molecule has 0 aliphatic carbocycles. The highest BCUT2D eigenvalue weighted by atomic mass is 19.1. The zero-order valence-electron chi connectivity index (χ0n) is 15.5. The third-order valence-electron chi connectivity index (χ3n) is 4.32. The van der Waals surface area contributed by atoms with Gasteiger partial charge in [-0.1, -0.05) is 12.1 Å². The first-order valence-electron chi connectivity index (χ1n) is 8.58. The number of amidine groups is 1. The largest absolute Gasteiger partial charge is 0.496 e. The van der Waals surface area contributed by atoms with E-state index in [0.29, 0.717) is 41.4 Å². The topological polar surface area (TPSA) is 59.9 Å². The molecule has 1 heterocycles. The van der Waals surface area contributed by atoms with Gasteiger partial charge in [0.15, 0.2) is 0 Å². The average molecular weight is 368 g/mol. The summed E-state index contributed by atoms with van der Waals surface area (Å²) in [7, 11) is 3.17. The summed E-state index contributed by atoms with van der Waals surface area (Å²) in [6.07, 6.45) is 2.78. The maximum Gasteiger partial charge on any atom is 0.275 e. The van der Waals surface area contributed by atoms with Gasteiger partial charge in [0.1, 0.15) is 28.8 Å². The fourth-order valence-corrected chi connectivity index (χ4v) is 2.92. The number of hydrogen-bond donors (Lipinski definition) is 1. The van der Waals surface area contributed by atoms with E-state index in [0.717, 1.165) is 11.1 Å². The first-order valence-corrected chi connectivity index (χ1v) is 8.58. The minimum atomic E-state index is -0.272. The summed E-state index contributed by atoms with van der Waals surface area (Å²) >= 11 is 0. The van der Waals surface area contributed by atoms with Crippen LogP contribution in [0.25, 0.3) is 6.08 Å². The van der Waals surface area contributed by atoms with Crippen LogP contribution in [0.15, 0.2) is 47.1 Å². The number of nitrogens with zero attached hydrogens (tertiary/aromatic N) is 1. The number of ether oxygens (including phenoxy) is 2. The number of nitrogens with one attached hydrogen (secondary N) is 1. The van der Waals surface area contributed by atoms with Crippen LogP contribution in [0, 0.1) is 12.7 Å². The maximum atomic E-state index is 13.3. The van der Waals surface area contributed by atoms with Gasteiger partial charge >= 0.3 is 0 Å². The molecule has 0 radical (unpaired) electrons. The number of aliphatic imine (C=N–C) groups is 1. The molecular weight excluding hydrogens is 347 g/mol. The van der Waals surface area contributed by atoms with Gasteiger partial charge in [0.05, 0.1) is 14.2 Å².